The van der Waals surface area contributed by atoms with Crippen LogP contribution in [-0.4, -0.2) is 11.1 Å². The van der Waals surface area contributed by atoms with E-state index in [0.717, 1.165) is 16.6 Å². The van der Waals surface area contributed by atoms with E-state index in [1.165, 1.54) is 0 Å². The number of nitrogens with one attached hydrogen (secondary N) is 2. The van der Waals surface area contributed by atoms with Crippen molar-refractivity contribution in [2.24, 2.45) is 0 Å². The van der Waals surface area contributed by atoms with Gasteiger partial charge >= 0.3 is 6.03 Å². The van der Waals surface area contributed by atoms with E-state index in [1.54, 1.807) is 24.3 Å². The zero-order valence-corrected chi connectivity index (χ0v) is 12.1. The topological polar surface area (TPSA) is 61.4 Å². The van der Waals surface area contributed by atoms with Gasteiger partial charge in [0.25, 0.3) is 0 Å². The Hall–Kier alpha value is -3.01. The minimum absolute atomic E-state index is 0.195. The maximum Gasteiger partial charge on any atom is 0.323 e. The Labute approximate surface area is 128 Å². The van der Waals surface area contributed by atoms with Gasteiger partial charge in [0.15, 0.2) is 0 Å². The first-order chi connectivity index (χ1) is 10.6. The Kier molecular flexibility index (Phi) is 3.66. The molecule has 0 saturated heterocycles. The number of aromatic hydroxyl groups is 1. The van der Waals surface area contributed by atoms with Crippen molar-refractivity contribution in [1.29, 1.82) is 0 Å². The molecule has 0 aromatic heterocycles. The van der Waals surface area contributed by atoms with E-state index in [1.807, 2.05) is 43.3 Å². The van der Waals surface area contributed by atoms with Gasteiger partial charge in [-0.3, -0.25) is 0 Å². The lowest BCUT2D eigenvalue weighted by molar-refractivity contribution is 0.262. The summed E-state index contributed by atoms with van der Waals surface area (Å²) < 4.78 is 0. The Bertz CT molecular complexity index is 843. The predicted molar refractivity (Wildman–Crippen MR) is 89.4 cm³/mol. The number of fused-ring (bicyclic) bond motifs is 1. The number of carbonyl (C=O) groups excluding carboxylic acids is 1. The summed E-state index contributed by atoms with van der Waals surface area (Å²) in [6.07, 6.45) is 0. The van der Waals surface area contributed by atoms with Gasteiger partial charge in [-0.15, -0.1) is 0 Å². The minimum Gasteiger partial charge on any atom is -0.507 e. The quantitative estimate of drug-likeness (QED) is 0.651. The van der Waals surface area contributed by atoms with Crippen LogP contribution in [0.1, 0.15) is 5.56 Å². The number of benzene rings is 3. The Morgan fingerprint density at radius 3 is 2.27 bits per heavy atom. The minimum atomic E-state index is -0.315. The highest BCUT2D eigenvalue weighted by Gasteiger charge is 2.08. The monoisotopic (exact) mass is 292 g/mol. The largest absolute Gasteiger partial charge is 0.507 e. The van der Waals surface area contributed by atoms with Crippen molar-refractivity contribution in [2.45, 2.75) is 6.92 Å². The fourth-order valence-electron chi connectivity index (χ4n) is 2.39. The van der Waals surface area contributed by atoms with Gasteiger partial charge in [0, 0.05) is 16.5 Å². The maximum atomic E-state index is 12.2. The van der Waals surface area contributed by atoms with E-state index < -0.39 is 0 Å². The number of para-hydroxylation sites is 1. The highest BCUT2D eigenvalue weighted by Crippen LogP contribution is 2.29. The summed E-state index contributed by atoms with van der Waals surface area (Å²) in [7, 11) is 0. The van der Waals surface area contributed by atoms with Crippen LogP contribution in [0.15, 0.2) is 60.7 Å². The molecule has 0 radical (unpaired) electrons. The van der Waals surface area contributed by atoms with Crippen LogP contribution < -0.4 is 10.6 Å². The van der Waals surface area contributed by atoms with Crippen molar-refractivity contribution in [3.05, 3.63) is 66.2 Å². The molecular weight excluding hydrogens is 276 g/mol. The lowest BCUT2D eigenvalue weighted by atomic mass is 10.1. The van der Waals surface area contributed by atoms with Crippen LogP contribution in [0.25, 0.3) is 10.8 Å². The summed E-state index contributed by atoms with van der Waals surface area (Å²) in [6, 6.07) is 17.9. The van der Waals surface area contributed by atoms with Gasteiger partial charge in [-0.25, -0.2) is 4.79 Å². The Morgan fingerprint density at radius 2 is 1.45 bits per heavy atom. The van der Waals surface area contributed by atoms with E-state index in [2.05, 4.69) is 10.6 Å². The van der Waals surface area contributed by atoms with Gasteiger partial charge in [0.05, 0.1) is 5.69 Å². The highest BCUT2D eigenvalue weighted by atomic mass is 16.3. The molecule has 2 amide bonds. The number of anilines is 2. The van der Waals surface area contributed by atoms with Gasteiger partial charge in [0.1, 0.15) is 5.75 Å². The van der Waals surface area contributed by atoms with Gasteiger partial charge in [0.2, 0.25) is 0 Å². The fraction of sp³-hybridized carbons (Fsp3) is 0.0556. The Morgan fingerprint density at radius 1 is 0.818 bits per heavy atom. The van der Waals surface area contributed by atoms with Gasteiger partial charge < -0.3 is 15.7 Å². The molecule has 0 spiro atoms. The first kappa shape index (κ1) is 13.9. The van der Waals surface area contributed by atoms with Crippen LogP contribution in [-0.2, 0) is 0 Å². The maximum absolute atomic E-state index is 12.2. The molecule has 3 N–H and O–H groups in total. The second-order valence-corrected chi connectivity index (χ2v) is 5.07. The van der Waals surface area contributed by atoms with Crippen LogP contribution in [0.3, 0.4) is 0 Å². The third-order valence-electron chi connectivity index (χ3n) is 3.54. The molecule has 3 aromatic rings. The smallest absolute Gasteiger partial charge is 0.323 e. The zero-order valence-electron chi connectivity index (χ0n) is 12.1. The van der Waals surface area contributed by atoms with E-state index in [0.29, 0.717) is 11.1 Å². The average Bonchev–Trinajstić information content (AvgIpc) is 2.51. The van der Waals surface area contributed by atoms with E-state index in [-0.39, 0.29) is 11.8 Å². The molecule has 4 nitrogen and oxygen atoms in total. The number of urea groups is 1. The van der Waals surface area contributed by atoms with Crippen molar-refractivity contribution < 1.29 is 9.90 Å². The van der Waals surface area contributed by atoms with Crippen molar-refractivity contribution >= 4 is 28.2 Å². The number of rotatable bonds is 2. The second-order valence-electron chi connectivity index (χ2n) is 5.07. The molecule has 0 aliphatic heterocycles. The number of hydrogen-bond donors (Lipinski definition) is 3. The molecule has 0 heterocycles. The predicted octanol–water partition coefficient (Wildman–Crippen LogP) is 4.50. The summed E-state index contributed by atoms with van der Waals surface area (Å²) >= 11 is 0. The average molecular weight is 292 g/mol. The molecule has 4 heteroatoms. The summed E-state index contributed by atoms with van der Waals surface area (Å²) in [5.41, 5.74) is 2.41. The number of aryl methyl sites for hydroxylation is 1. The van der Waals surface area contributed by atoms with Gasteiger partial charge in [-0.1, -0.05) is 42.5 Å². The molecule has 0 bridgehead atoms. The van der Waals surface area contributed by atoms with E-state index in [9.17, 15) is 9.90 Å². The van der Waals surface area contributed by atoms with Crippen molar-refractivity contribution in [3.63, 3.8) is 0 Å². The lowest BCUT2D eigenvalue weighted by Crippen LogP contribution is -2.20. The zero-order chi connectivity index (χ0) is 15.5. The normalized spacial score (nSPS) is 10.4. The molecular formula is C18H16N2O2. The number of carbonyl (C=O) groups is 1. The molecule has 0 saturated carbocycles. The van der Waals surface area contributed by atoms with E-state index >= 15 is 0 Å². The molecule has 0 aliphatic carbocycles. The first-order valence-corrected chi connectivity index (χ1v) is 6.99. The molecule has 3 rings (SSSR count). The highest BCUT2D eigenvalue weighted by molar-refractivity contribution is 6.07. The van der Waals surface area contributed by atoms with E-state index in [4.69, 9.17) is 0 Å². The van der Waals surface area contributed by atoms with Crippen molar-refractivity contribution in [3.8, 4) is 5.75 Å². The molecule has 0 aliphatic rings. The van der Waals surface area contributed by atoms with Crippen LogP contribution in [0.2, 0.25) is 0 Å². The van der Waals surface area contributed by atoms with Crippen LogP contribution >= 0.6 is 0 Å². The molecule has 0 unspecified atom stereocenters. The summed E-state index contributed by atoms with van der Waals surface area (Å²) in [4.78, 5) is 12.2. The number of amides is 2. The molecule has 3 aromatic carbocycles. The van der Waals surface area contributed by atoms with Gasteiger partial charge in [-0.05, 0) is 30.7 Å². The molecule has 22 heavy (non-hydrogen) atoms. The van der Waals surface area contributed by atoms with Crippen LogP contribution in [0, 0.1) is 6.92 Å². The fourth-order valence-corrected chi connectivity index (χ4v) is 2.39. The van der Waals surface area contributed by atoms with Gasteiger partial charge in [-0.2, -0.15) is 0 Å². The number of phenolic OH excluding ortho intramolecular Hbond substituents is 1. The third-order valence-corrected chi connectivity index (χ3v) is 3.54. The standard InChI is InChI=1S/C18H16N2O2/c1-12-6-2-3-9-15(12)19-18(22)20-16-10-4-8-14-13(16)7-5-11-17(14)21/h2-11,21H,1H3,(H2,19,20,22). The SMILES string of the molecule is Cc1ccccc1NC(=O)Nc1cccc2c(O)cccc12. The third kappa shape index (κ3) is 2.72. The number of hydrogen-bond acceptors (Lipinski definition) is 2. The molecule has 110 valence electrons. The first-order valence-electron chi connectivity index (χ1n) is 6.99. The number of phenols is 1. The summed E-state index contributed by atoms with van der Waals surface area (Å²) in [6.45, 7) is 1.94. The molecule has 0 fully saturated rings. The Balaban J connectivity index is 1.86. The molecule has 0 atom stereocenters. The van der Waals surface area contributed by atoms with Crippen molar-refractivity contribution in [1.82, 2.24) is 0 Å². The second kappa shape index (κ2) is 5.77. The van der Waals surface area contributed by atoms with Crippen LogP contribution in [0.5, 0.6) is 5.75 Å². The summed E-state index contributed by atoms with van der Waals surface area (Å²) in [5, 5.41) is 17.0. The lowest BCUT2D eigenvalue weighted by Gasteiger charge is -2.12. The summed E-state index contributed by atoms with van der Waals surface area (Å²) in [5.74, 6) is 0.195. The van der Waals surface area contributed by atoms with Crippen molar-refractivity contribution in [2.75, 3.05) is 10.6 Å². The van der Waals surface area contributed by atoms with Crippen LogP contribution in [0.4, 0.5) is 16.2 Å².